The summed E-state index contributed by atoms with van der Waals surface area (Å²) in [5.74, 6) is 0.207. The third-order valence-corrected chi connectivity index (χ3v) is 4.45. The number of para-hydroxylation sites is 1. The Labute approximate surface area is 121 Å². The van der Waals surface area contributed by atoms with Crippen molar-refractivity contribution in [2.75, 3.05) is 11.4 Å². The first-order valence-corrected chi connectivity index (χ1v) is 7.47. The molecule has 3 nitrogen and oxygen atoms in total. The molecule has 20 heavy (non-hydrogen) atoms. The Morgan fingerprint density at radius 3 is 2.50 bits per heavy atom. The van der Waals surface area contributed by atoms with Gasteiger partial charge in [-0.1, -0.05) is 38.0 Å². The Hall–Kier alpha value is -1.82. The van der Waals surface area contributed by atoms with Gasteiger partial charge in [0, 0.05) is 17.6 Å². The summed E-state index contributed by atoms with van der Waals surface area (Å²) in [6, 6.07) is 11.9. The Bertz CT molecular complexity index is 483. The quantitative estimate of drug-likeness (QED) is 0.814. The van der Waals surface area contributed by atoms with Crippen molar-refractivity contribution in [3.63, 3.8) is 0 Å². The van der Waals surface area contributed by atoms with E-state index in [0.717, 1.165) is 37.8 Å². The van der Waals surface area contributed by atoms with Gasteiger partial charge >= 0.3 is 0 Å². The van der Waals surface area contributed by atoms with Crippen LogP contribution in [0.2, 0.25) is 0 Å². The lowest BCUT2D eigenvalue weighted by molar-refractivity contribution is -0.128. The maximum absolute atomic E-state index is 13.0. The van der Waals surface area contributed by atoms with Crippen LogP contribution in [0.15, 0.2) is 30.3 Å². The van der Waals surface area contributed by atoms with E-state index in [1.165, 1.54) is 0 Å². The van der Waals surface area contributed by atoms with Gasteiger partial charge in [-0.05, 0) is 31.4 Å². The van der Waals surface area contributed by atoms with Crippen LogP contribution in [0, 0.1) is 16.7 Å². The van der Waals surface area contributed by atoms with E-state index in [2.05, 4.69) is 13.0 Å². The van der Waals surface area contributed by atoms with E-state index >= 15 is 0 Å². The zero-order valence-electron chi connectivity index (χ0n) is 12.1. The fraction of sp³-hybridized carbons (Fsp3) is 0.529. The molecular weight excluding hydrogens is 248 g/mol. The molecule has 0 aromatic heterocycles. The number of hydrogen-bond acceptors (Lipinski definition) is 2. The lowest BCUT2D eigenvalue weighted by Crippen LogP contribution is -2.43. The number of carbonyl (C=O) groups excluding carboxylic acids is 1. The molecule has 106 valence electrons. The maximum Gasteiger partial charge on any atom is 0.233 e. The molecule has 0 radical (unpaired) electrons. The molecule has 1 aromatic rings. The highest BCUT2D eigenvalue weighted by Gasteiger charge is 2.42. The lowest BCUT2D eigenvalue weighted by atomic mass is 9.81. The van der Waals surface area contributed by atoms with E-state index in [1.54, 1.807) is 0 Å². The summed E-state index contributed by atoms with van der Waals surface area (Å²) in [5.41, 5.74) is 0.707. The molecule has 0 N–H and O–H groups in total. The largest absolute Gasteiger partial charge is 0.311 e. The van der Waals surface area contributed by atoms with E-state index in [0.29, 0.717) is 13.0 Å². The summed E-state index contributed by atoms with van der Waals surface area (Å²) in [6.07, 6.45) is 5.51. The summed E-state index contributed by atoms with van der Waals surface area (Å²) < 4.78 is 0. The number of benzene rings is 1. The molecule has 0 atom stereocenters. The number of rotatable bonds is 5. The van der Waals surface area contributed by atoms with Crippen molar-refractivity contribution in [2.24, 2.45) is 5.41 Å². The van der Waals surface area contributed by atoms with Crippen LogP contribution in [0.5, 0.6) is 0 Å². The second-order valence-corrected chi connectivity index (χ2v) is 5.54. The maximum atomic E-state index is 13.0. The average molecular weight is 270 g/mol. The summed E-state index contributed by atoms with van der Waals surface area (Å²) in [4.78, 5) is 14.8. The number of anilines is 1. The van der Waals surface area contributed by atoms with E-state index in [4.69, 9.17) is 5.26 Å². The minimum absolute atomic E-state index is 0.203. The predicted molar refractivity (Wildman–Crippen MR) is 80.2 cm³/mol. The first-order valence-electron chi connectivity index (χ1n) is 7.47. The van der Waals surface area contributed by atoms with Gasteiger partial charge < -0.3 is 4.90 Å². The van der Waals surface area contributed by atoms with Crippen molar-refractivity contribution in [1.82, 2.24) is 0 Å². The molecule has 0 heterocycles. The van der Waals surface area contributed by atoms with Gasteiger partial charge in [0.1, 0.15) is 0 Å². The third kappa shape index (κ3) is 2.85. The molecule has 0 aliphatic heterocycles. The SMILES string of the molecule is CCC1(C(=O)N(CCC#N)c2ccccc2)CCCC1. The van der Waals surface area contributed by atoms with E-state index < -0.39 is 0 Å². The molecule has 0 spiro atoms. The van der Waals surface area contributed by atoms with Crippen LogP contribution in [0.1, 0.15) is 45.4 Å². The monoisotopic (exact) mass is 270 g/mol. The normalized spacial score (nSPS) is 16.6. The standard InChI is InChI=1S/C17H22N2O/c1-2-17(11-6-7-12-17)16(20)19(14-8-13-18)15-9-4-3-5-10-15/h3-5,9-10H,2,6-8,11-12,14H2,1H3. The van der Waals surface area contributed by atoms with E-state index in [1.807, 2.05) is 35.2 Å². The Morgan fingerprint density at radius 2 is 1.95 bits per heavy atom. The first kappa shape index (κ1) is 14.6. The molecule has 3 heteroatoms. The molecule has 0 unspecified atom stereocenters. The number of hydrogen-bond donors (Lipinski definition) is 0. The molecule has 0 saturated heterocycles. The van der Waals surface area contributed by atoms with Crippen molar-refractivity contribution in [1.29, 1.82) is 5.26 Å². The highest BCUT2D eigenvalue weighted by molar-refractivity contribution is 5.97. The number of amides is 1. The summed E-state index contributed by atoms with van der Waals surface area (Å²) in [5, 5.41) is 8.84. The molecular formula is C17H22N2O. The number of nitriles is 1. The second-order valence-electron chi connectivity index (χ2n) is 5.54. The van der Waals surface area contributed by atoms with Crippen molar-refractivity contribution in [3.8, 4) is 6.07 Å². The Kier molecular flexibility index (Phi) is 4.79. The zero-order chi connectivity index (χ0) is 14.4. The second kappa shape index (κ2) is 6.56. The summed E-state index contributed by atoms with van der Waals surface area (Å²) in [7, 11) is 0. The van der Waals surface area contributed by atoms with Crippen molar-refractivity contribution in [3.05, 3.63) is 30.3 Å². The van der Waals surface area contributed by atoms with Crippen LogP contribution < -0.4 is 4.90 Å². The Morgan fingerprint density at radius 1 is 1.30 bits per heavy atom. The molecule has 1 aromatic carbocycles. The van der Waals surface area contributed by atoms with E-state index in [-0.39, 0.29) is 11.3 Å². The molecule has 2 rings (SSSR count). The van der Waals surface area contributed by atoms with Gasteiger partial charge in [0.2, 0.25) is 5.91 Å². The zero-order valence-corrected chi connectivity index (χ0v) is 12.1. The molecule has 1 saturated carbocycles. The first-order chi connectivity index (χ1) is 9.73. The van der Waals surface area contributed by atoms with Crippen LogP contribution in [0.25, 0.3) is 0 Å². The fourth-order valence-electron chi connectivity index (χ4n) is 3.17. The smallest absolute Gasteiger partial charge is 0.233 e. The molecule has 1 aliphatic rings. The van der Waals surface area contributed by atoms with Crippen LogP contribution in [-0.4, -0.2) is 12.5 Å². The fourth-order valence-corrected chi connectivity index (χ4v) is 3.17. The van der Waals surface area contributed by atoms with Gasteiger partial charge in [0.25, 0.3) is 0 Å². The van der Waals surface area contributed by atoms with Crippen molar-refractivity contribution in [2.45, 2.75) is 45.4 Å². The minimum Gasteiger partial charge on any atom is -0.311 e. The molecule has 1 fully saturated rings. The summed E-state index contributed by atoms with van der Waals surface area (Å²) >= 11 is 0. The Balaban J connectivity index is 2.27. The number of nitrogens with zero attached hydrogens (tertiary/aromatic N) is 2. The molecule has 1 aliphatic carbocycles. The third-order valence-electron chi connectivity index (χ3n) is 4.45. The van der Waals surface area contributed by atoms with Gasteiger partial charge in [-0.15, -0.1) is 0 Å². The van der Waals surface area contributed by atoms with Gasteiger partial charge in [-0.3, -0.25) is 4.79 Å². The van der Waals surface area contributed by atoms with Gasteiger partial charge in [-0.25, -0.2) is 0 Å². The van der Waals surface area contributed by atoms with Crippen LogP contribution >= 0.6 is 0 Å². The van der Waals surface area contributed by atoms with Crippen LogP contribution in [0.4, 0.5) is 5.69 Å². The topological polar surface area (TPSA) is 44.1 Å². The molecule has 1 amide bonds. The molecule has 0 bridgehead atoms. The highest BCUT2D eigenvalue weighted by atomic mass is 16.2. The van der Waals surface area contributed by atoms with E-state index in [9.17, 15) is 4.79 Å². The van der Waals surface area contributed by atoms with Crippen molar-refractivity contribution >= 4 is 11.6 Å². The van der Waals surface area contributed by atoms with Gasteiger partial charge in [0.05, 0.1) is 12.5 Å². The van der Waals surface area contributed by atoms with Gasteiger partial charge in [-0.2, -0.15) is 5.26 Å². The van der Waals surface area contributed by atoms with Crippen LogP contribution in [0.3, 0.4) is 0 Å². The minimum atomic E-state index is -0.203. The van der Waals surface area contributed by atoms with Crippen molar-refractivity contribution < 1.29 is 4.79 Å². The highest BCUT2D eigenvalue weighted by Crippen LogP contribution is 2.43. The van der Waals surface area contributed by atoms with Crippen LogP contribution in [-0.2, 0) is 4.79 Å². The van der Waals surface area contributed by atoms with Gasteiger partial charge in [0.15, 0.2) is 0 Å². The number of carbonyl (C=O) groups is 1. The average Bonchev–Trinajstić information content (AvgIpc) is 2.98. The lowest BCUT2D eigenvalue weighted by Gasteiger charge is -2.33. The summed E-state index contributed by atoms with van der Waals surface area (Å²) in [6.45, 7) is 2.60. The predicted octanol–water partition coefficient (Wildman–Crippen LogP) is 3.90.